The maximum atomic E-state index is 9.58. The maximum absolute atomic E-state index is 9.58. The second-order valence-electron chi connectivity index (χ2n) is 4.94. The fourth-order valence-electron chi connectivity index (χ4n) is 2.47. The molecule has 0 bridgehead atoms. The summed E-state index contributed by atoms with van der Waals surface area (Å²) in [7, 11) is 0. The summed E-state index contributed by atoms with van der Waals surface area (Å²) in [5, 5.41) is 13.8. The molecule has 2 atom stereocenters. The molecule has 0 heterocycles. The summed E-state index contributed by atoms with van der Waals surface area (Å²) in [5.74, 6) is 0.631. The molecule has 0 saturated heterocycles. The van der Waals surface area contributed by atoms with Gasteiger partial charge in [-0.05, 0) is 49.4 Å². The first-order valence-electron chi connectivity index (χ1n) is 6.37. The molecule has 1 aliphatic carbocycles. The zero-order chi connectivity index (χ0) is 12.1. The van der Waals surface area contributed by atoms with Crippen molar-refractivity contribution in [3.8, 4) is 0 Å². The number of halogens is 1. The predicted molar refractivity (Wildman–Crippen MR) is 71.1 cm³/mol. The highest BCUT2D eigenvalue weighted by molar-refractivity contribution is 6.30. The van der Waals surface area contributed by atoms with Crippen LogP contribution >= 0.6 is 11.6 Å². The van der Waals surface area contributed by atoms with Crippen molar-refractivity contribution in [2.45, 2.75) is 38.3 Å². The average molecular weight is 254 g/mol. The molecule has 0 amide bonds. The second kappa shape index (κ2) is 6.39. The van der Waals surface area contributed by atoms with Crippen molar-refractivity contribution < 1.29 is 5.11 Å². The van der Waals surface area contributed by atoms with E-state index < -0.39 is 0 Å². The first-order chi connectivity index (χ1) is 8.24. The zero-order valence-corrected chi connectivity index (χ0v) is 10.8. The van der Waals surface area contributed by atoms with E-state index in [0.717, 1.165) is 37.4 Å². The van der Waals surface area contributed by atoms with E-state index >= 15 is 0 Å². The molecule has 2 rings (SSSR count). The summed E-state index contributed by atoms with van der Waals surface area (Å²) >= 11 is 5.84. The van der Waals surface area contributed by atoms with E-state index in [-0.39, 0.29) is 6.10 Å². The lowest BCUT2D eigenvalue weighted by Gasteiger charge is -2.26. The maximum Gasteiger partial charge on any atom is 0.0543 e. The highest BCUT2D eigenvalue weighted by Crippen LogP contribution is 2.23. The van der Waals surface area contributed by atoms with E-state index in [4.69, 9.17) is 11.6 Å². The van der Waals surface area contributed by atoms with E-state index in [1.165, 1.54) is 12.0 Å². The van der Waals surface area contributed by atoms with Gasteiger partial charge in [-0.3, -0.25) is 0 Å². The van der Waals surface area contributed by atoms with Gasteiger partial charge < -0.3 is 10.4 Å². The van der Waals surface area contributed by atoms with E-state index in [9.17, 15) is 5.11 Å². The molecule has 3 heteroatoms. The SMILES string of the molecule is OC1CCCC(CNCc2ccc(Cl)cc2)C1. The molecular weight excluding hydrogens is 234 g/mol. The predicted octanol–water partition coefficient (Wildman–Crippen LogP) is 2.98. The van der Waals surface area contributed by atoms with Crippen molar-refractivity contribution in [2.24, 2.45) is 5.92 Å². The lowest BCUT2D eigenvalue weighted by molar-refractivity contribution is 0.101. The van der Waals surface area contributed by atoms with Crippen LogP contribution in [0.2, 0.25) is 5.02 Å². The monoisotopic (exact) mass is 253 g/mol. The summed E-state index contributed by atoms with van der Waals surface area (Å²) in [4.78, 5) is 0. The van der Waals surface area contributed by atoms with Crippen LogP contribution in [-0.4, -0.2) is 17.8 Å². The van der Waals surface area contributed by atoms with Gasteiger partial charge in [0, 0.05) is 11.6 Å². The average Bonchev–Trinajstić information content (AvgIpc) is 2.32. The lowest BCUT2D eigenvalue weighted by atomic mass is 9.87. The third kappa shape index (κ3) is 4.30. The van der Waals surface area contributed by atoms with Crippen LogP contribution in [0.4, 0.5) is 0 Å². The summed E-state index contributed by atoms with van der Waals surface area (Å²) < 4.78 is 0. The van der Waals surface area contributed by atoms with E-state index in [0.29, 0.717) is 5.92 Å². The first-order valence-corrected chi connectivity index (χ1v) is 6.75. The van der Waals surface area contributed by atoms with Gasteiger partial charge in [0.2, 0.25) is 0 Å². The summed E-state index contributed by atoms with van der Waals surface area (Å²) in [6.45, 7) is 1.88. The van der Waals surface area contributed by atoms with Gasteiger partial charge in [0.05, 0.1) is 6.10 Å². The molecule has 1 saturated carbocycles. The van der Waals surface area contributed by atoms with Gasteiger partial charge in [-0.1, -0.05) is 30.2 Å². The summed E-state index contributed by atoms with van der Waals surface area (Å²) in [5.41, 5.74) is 1.26. The zero-order valence-electron chi connectivity index (χ0n) is 10.0. The van der Waals surface area contributed by atoms with E-state index in [1.807, 2.05) is 24.3 Å². The molecule has 17 heavy (non-hydrogen) atoms. The van der Waals surface area contributed by atoms with E-state index in [2.05, 4.69) is 5.32 Å². The Bertz CT molecular complexity index is 339. The number of nitrogens with one attached hydrogen (secondary N) is 1. The molecule has 2 N–H and O–H groups in total. The van der Waals surface area contributed by atoms with Gasteiger partial charge in [-0.15, -0.1) is 0 Å². The smallest absolute Gasteiger partial charge is 0.0543 e. The molecule has 1 aliphatic rings. The van der Waals surface area contributed by atoms with Crippen LogP contribution in [0.25, 0.3) is 0 Å². The number of benzene rings is 1. The van der Waals surface area contributed by atoms with Gasteiger partial charge in [-0.2, -0.15) is 0 Å². The van der Waals surface area contributed by atoms with Crippen LogP contribution in [0.5, 0.6) is 0 Å². The fraction of sp³-hybridized carbons (Fsp3) is 0.571. The van der Waals surface area contributed by atoms with Crippen molar-refractivity contribution in [3.63, 3.8) is 0 Å². The molecule has 0 radical (unpaired) electrons. The minimum Gasteiger partial charge on any atom is -0.393 e. The van der Waals surface area contributed by atoms with Crippen LogP contribution in [-0.2, 0) is 6.54 Å². The minimum absolute atomic E-state index is 0.0777. The summed E-state index contributed by atoms with van der Waals surface area (Å²) in [6, 6.07) is 7.93. The van der Waals surface area contributed by atoms with Crippen molar-refractivity contribution in [2.75, 3.05) is 6.54 Å². The van der Waals surface area contributed by atoms with Gasteiger partial charge in [0.1, 0.15) is 0 Å². The molecule has 94 valence electrons. The molecule has 2 unspecified atom stereocenters. The second-order valence-corrected chi connectivity index (χ2v) is 5.38. The molecule has 1 fully saturated rings. The quantitative estimate of drug-likeness (QED) is 0.865. The number of rotatable bonds is 4. The van der Waals surface area contributed by atoms with Crippen molar-refractivity contribution in [3.05, 3.63) is 34.9 Å². The Labute approximate surface area is 108 Å². The summed E-state index contributed by atoms with van der Waals surface area (Å²) in [6.07, 6.45) is 4.26. The Morgan fingerprint density at radius 1 is 1.24 bits per heavy atom. The van der Waals surface area contributed by atoms with Crippen LogP contribution in [0.1, 0.15) is 31.2 Å². The Hall–Kier alpha value is -0.570. The van der Waals surface area contributed by atoms with Crippen LogP contribution < -0.4 is 5.32 Å². The Balaban J connectivity index is 1.70. The molecule has 2 nitrogen and oxygen atoms in total. The van der Waals surface area contributed by atoms with Gasteiger partial charge >= 0.3 is 0 Å². The van der Waals surface area contributed by atoms with Crippen molar-refractivity contribution in [1.29, 1.82) is 0 Å². The minimum atomic E-state index is -0.0777. The van der Waals surface area contributed by atoms with Gasteiger partial charge in [0.15, 0.2) is 0 Å². The highest BCUT2D eigenvalue weighted by atomic mass is 35.5. The third-order valence-corrected chi connectivity index (χ3v) is 3.68. The number of hydrogen-bond acceptors (Lipinski definition) is 2. The Morgan fingerprint density at radius 2 is 2.00 bits per heavy atom. The topological polar surface area (TPSA) is 32.3 Å². The Morgan fingerprint density at radius 3 is 2.71 bits per heavy atom. The third-order valence-electron chi connectivity index (χ3n) is 3.43. The normalized spacial score (nSPS) is 24.8. The van der Waals surface area contributed by atoms with Crippen molar-refractivity contribution in [1.82, 2.24) is 5.32 Å². The molecule has 1 aromatic rings. The number of aliphatic hydroxyl groups is 1. The van der Waals surface area contributed by atoms with Crippen LogP contribution in [0.15, 0.2) is 24.3 Å². The van der Waals surface area contributed by atoms with Gasteiger partial charge in [-0.25, -0.2) is 0 Å². The van der Waals surface area contributed by atoms with Crippen LogP contribution in [0.3, 0.4) is 0 Å². The highest BCUT2D eigenvalue weighted by Gasteiger charge is 2.19. The lowest BCUT2D eigenvalue weighted by Crippen LogP contribution is -2.28. The van der Waals surface area contributed by atoms with Crippen molar-refractivity contribution >= 4 is 11.6 Å². The number of hydrogen-bond donors (Lipinski definition) is 2. The Kier molecular flexibility index (Phi) is 4.84. The van der Waals surface area contributed by atoms with Crippen LogP contribution in [0, 0.1) is 5.92 Å². The standard InChI is InChI=1S/C14H20ClNO/c15-13-6-4-11(5-7-13)9-16-10-12-2-1-3-14(17)8-12/h4-7,12,14,16-17H,1-3,8-10H2. The molecule has 0 aliphatic heterocycles. The molecule has 1 aromatic carbocycles. The molecular formula is C14H20ClNO. The van der Waals surface area contributed by atoms with Gasteiger partial charge in [0.25, 0.3) is 0 Å². The number of aliphatic hydroxyl groups excluding tert-OH is 1. The first kappa shape index (κ1) is 12.9. The fourth-order valence-corrected chi connectivity index (χ4v) is 2.60. The molecule has 0 spiro atoms. The van der Waals surface area contributed by atoms with E-state index in [1.54, 1.807) is 0 Å². The largest absolute Gasteiger partial charge is 0.393 e. The molecule has 0 aromatic heterocycles.